The van der Waals surface area contributed by atoms with Crippen LogP contribution < -0.4 is 9.62 Å². The van der Waals surface area contributed by atoms with Crippen LogP contribution in [0.5, 0.6) is 0 Å². The largest absolute Gasteiger partial charge is 0.310 e. The predicted molar refractivity (Wildman–Crippen MR) is 105 cm³/mol. The summed E-state index contributed by atoms with van der Waals surface area (Å²) in [7, 11) is -3.39. The van der Waals surface area contributed by atoms with Crippen LogP contribution in [0.4, 0.5) is 11.4 Å². The highest BCUT2D eigenvalue weighted by atomic mass is 32.2. The van der Waals surface area contributed by atoms with E-state index in [1.54, 1.807) is 36.1 Å². The van der Waals surface area contributed by atoms with Crippen LogP contribution in [0.3, 0.4) is 0 Å². The Kier molecular flexibility index (Phi) is 5.61. The quantitative estimate of drug-likeness (QED) is 0.770. The molecule has 1 fully saturated rings. The second-order valence-corrected chi connectivity index (χ2v) is 8.52. The molecule has 0 spiro atoms. The van der Waals surface area contributed by atoms with Gasteiger partial charge in [0.25, 0.3) is 0 Å². The molecule has 6 heteroatoms. The van der Waals surface area contributed by atoms with E-state index in [4.69, 9.17) is 0 Å². The van der Waals surface area contributed by atoms with E-state index in [0.29, 0.717) is 12.1 Å². The molecule has 5 nitrogen and oxygen atoms in total. The zero-order valence-electron chi connectivity index (χ0n) is 14.9. The summed E-state index contributed by atoms with van der Waals surface area (Å²) in [5.41, 5.74) is 2.47. The van der Waals surface area contributed by atoms with Crippen LogP contribution in [-0.4, -0.2) is 26.1 Å². The molecule has 0 heterocycles. The number of sulfonamides is 1. The lowest BCUT2D eigenvalue weighted by atomic mass is 10.1. The zero-order valence-corrected chi connectivity index (χ0v) is 15.7. The van der Waals surface area contributed by atoms with Gasteiger partial charge in [-0.05, 0) is 55.5 Å². The molecule has 2 aromatic rings. The van der Waals surface area contributed by atoms with Crippen LogP contribution in [0.25, 0.3) is 0 Å². The molecule has 1 N–H and O–H groups in total. The summed E-state index contributed by atoms with van der Waals surface area (Å²) < 4.78 is 27.1. The van der Waals surface area contributed by atoms with Gasteiger partial charge in [-0.25, -0.2) is 8.42 Å². The number of carbonyl (C=O) groups is 1. The maximum absolute atomic E-state index is 12.3. The molecule has 1 aliphatic carbocycles. The molecule has 1 aliphatic rings. The topological polar surface area (TPSA) is 66.5 Å². The Morgan fingerprint density at radius 3 is 2.31 bits per heavy atom. The van der Waals surface area contributed by atoms with Crippen LogP contribution in [0.15, 0.2) is 54.6 Å². The van der Waals surface area contributed by atoms with Gasteiger partial charge >= 0.3 is 0 Å². The smallest absolute Gasteiger partial charge is 0.232 e. The summed E-state index contributed by atoms with van der Waals surface area (Å²) in [6, 6.07) is 17.1. The van der Waals surface area contributed by atoms with E-state index in [9.17, 15) is 13.2 Å². The van der Waals surface area contributed by atoms with Gasteiger partial charge in [-0.2, -0.15) is 0 Å². The highest BCUT2D eigenvalue weighted by Crippen LogP contribution is 2.32. The van der Waals surface area contributed by atoms with Crippen molar-refractivity contribution in [2.24, 2.45) is 0 Å². The molecule has 0 bridgehead atoms. The van der Waals surface area contributed by atoms with E-state index in [1.807, 2.05) is 30.3 Å². The van der Waals surface area contributed by atoms with Crippen molar-refractivity contribution in [3.8, 4) is 0 Å². The van der Waals surface area contributed by atoms with Gasteiger partial charge < -0.3 is 4.90 Å². The number of carbonyl (C=O) groups excluding carboxylic acids is 1. The standard InChI is InChI=1S/C20H24N2O3S/c1-16(23)22(20-13-14-20)19-11-9-18(10-12-19)21-26(24,25)15-5-8-17-6-3-2-4-7-17/h2-4,6-7,9-12,20-21H,5,8,13-15H2,1H3. The van der Waals surface area contributed by atoms with Crippen molar-refractivity contribution in [1.82, 2.24) is 0 Å². The Hall–Kier alpha value is -2.34. The molecule has 0 unspecified atom stereocenters. The van der Waals surface area contributed by atoms with Gasteiger partial charge in [-0.3, -0.25) is 9.52 Å². The summed E-state index contributed by atoms with van der Waals surface area (Å²) >= 11 is 0. The fraction of sp³-hybridized carbons (Fsp3) is 0.350. The summed E-state index contributed by atoms with van der Waals surface area (Å²) in [6.45, 7) is 1.56. The first kappa shape index (κ1) is 18.5. The van der Waals surface area contributed by atoms with Crippen molar-refractivity contribution in [1.29, 1.82) is 0 Å². The molecule has 0 aromatic heterocycles. The fourth-order valence-electron chi connectivity index (χ4n) is 3.01. The van der Waals surface area contributed by atoms with Crippen LogP contribution >= 0.6 is 0 Å². The maximum atomic E-state index is 12.3. The highest BCUT2D eigenvalue weighted by molar-refractivity contribution is 7.92. The second kappa shape index (κ2) is 7.91. The van der Waals surface area contributed by atoms with Crippen molar-refractivity contribution < 1.29 is 13.2 Å². The average molecular weight is 372 g/mol. The third kappa shape index (κ3) is 5.08. The first-order valence-electron chi connectivity index (χ1n) is 8.89. The Bertz CT molecular complexity index is 844. The van der Waals surface area contributed by atoms with Gasteiger partial charge in [-0.1, -0.05) is 30.3 Å². The zero-order chi connectivity index (χ0) is 18.6. The minimum Gasteiger partial charge on any atom is -0.310 e. The molecule has 0 saturated heterocycles. The third-order valence-electron chi connectivity index (χ3n) is 4.39. The summed E-state index contributed by atoms with van der Waals surface area (Å²) in [4.78, 5) is 13.6. The van der Waals surface area contributed by atoms with Crippen LogP contribution in [0, 0.1) is 0 Å². The van der Waals surface area contributed by atoms with Crippen molar-refractivity contribution in [3.05, 3.63) is 60.2 Å². The number of hydrogen-bond donors (Lipinski definition) is 1. The number of nitrogens with one attached hydrogen (secondary N) is 1. The van der Waals surface area contributed by atoms with E-state index < -0.39 is 10.0 Å². The Morgan fingerprint density at radius 2 is 1.73 bits per heavy atom. The van der Waals surface area contributed by atoms with E-state index in [-0.39, 0.29) is 17.7 Å². The Morgan fingerprint density at radius 1 is 1.08 bits per heavy atom. The van der Waals surface area contributed by atoms with Gasteiger partial charge in [0.15, 0.2) is 0 Å². The van der Waals surface area contributed by atoms with Crippen LogP contribution in [-0.2, 0) is 21.2 Å². The molecule has 2 aromatic carbocycles. The molecule has 0 atom stereocenters. The van der Waals surface area contributed by atoms with Gasteiger partial charge in [0.05, 0.1) is 5.75 Å². The second-order valence-electron chi connectivity index (χ2n) is 6.68. The highest BCUT2D eigenvalue weighted by Gasteiger charge is 2.31. The Labute approximate surface area is 155 Å². The van der Waals surface area contributed by atoms with Crippen molar-refractivity contribution in [2.45, 2.75) is 38.6 Å². The molecule has 3 rings (SSSR count). The first-order chi connectivity index (χ1) is 12.4. The van der Waals surface area contributed by atoms with E-state index in [1.165, 1.54) is 0 Å². The molecule has 26 heavy (non-hydrogen) atoms. The summed E-state index contributed by atoms with van der Waals surface area (Å²) in [6.07, 6.45) is 3.34. The summed E-state index contributed by atoms with van der Waals surface area (Å²) in [5, 5.41) is 0. The van der Waals surface area contributed by atoms with Gasteiger partial charge in [-0.15, -0.1) is 0 Å². The van der Waals surface area contributed by atoms with E-state index in [0.717, 1.165) is 30.5 Å². The lowest BCUT2D eigenvalue weighted by Gasteiger charge is -2.21. The van der Waals surface area contributed by atoms with E-state index in [2.05, 4.69) is 4.72 Å². The maximum Gasteiger partial charge on any atom is 0.232 e. The SMILES string of the molecule is CC(=O)N(c1ccc(NS(=O)(=O)CCCc2ccccc2)cc1)C1CC1. The number of rotatable bonds is 8. The average Bonchev–Trinajstić information content (AvgIpc) is 3.42. The molecule has 0 aliphatic heterocycles. The number of nitrogens with zero attached hydrogens (tertiary/aromatic N) is 1. The molecule has 1 saturated carbocycles. The van der Waals surface area contributed by atoms with Crippen molar-refractivity contribution in [2.75, 3.05) is 15.4 Å². The molecular weight excluding hydrogens is 348 g/mol. The molecule has 1 amide bonds. The number of anilines is 2. The number of hydrogen-bond acceptors (Lipinski definition) is 3. The fourth-order valence-corrected chi connectivity index (χ4v) is 4.14. The van der Waals surface area contributed by atoms with Crippen molar-refractivity contribution in [3.63, 3.8) is 0 Å². The van der Waals surface area contributed by atoms with Gasteiger partial charge in [0.2, 0.25) is 15.9 Å². The minimum atomic E-state index is -3.39. The third-order valence-corrected chi connectivity index (χ3v) is 5.76. The van der Waals surface area contributed by atoms with Gasteiger partial charge in [0.1, 0.15) is 0 Å². The van der Waals surface area contributed by atoms with Gasteiger partial charge in [0, 0.05) is 24.3 Å². The lowest BCUT2D eigenvalue weighted by Crippen LogP contribution is -2.30. The van der Waals surface area contributed by atoms with Crippen LogP contribution in [0.2, 0.25) is 0 Å². The minimum absolute atomic E-state index is 0.0155. The predicted octanol–water partition coefficient (Wildman–Crippen LogP) is 3.58. The monoisotopic (exact) mass is 372 g/mol. The van der Waals surface area contributed by atoms with E-state index >= 15 is 0 Å². The normalized spacial score (nSPS) is 14.0. The molecular formula is C20H24N2O3S. The van der Waals surface area contributed by atoms with Crippen molar-refractivity contribution >= 4 is 27.3 Å². The summed E-state index contributed by atoms with van der Waals surface area (Å²) in [5.74, 6) is 0.0902. The Balaban J connectivity index is 1.56. The number of amides is 1. The number of benzene rings is 2. The van der Waals surface area contributed by atoms with Crippen LogP contribution in [0.1, 0.15) is 31.7 Å². The lowest BCUT2D eigenvalue weighted by molar-refractivity contribution is -0.116. The molecule has 138 valence electrons. The number of aryl methyl sites for hydroxylation is 1. The first-order valence-corrected chi connectivity index (χ1v) is 10.5. The molecule has 0 radical (unpaired) electrons.